The highest BCUT2D eigenvalue weighted by Crippen LogP contribution is 2.22. The second-order valence-electron chi connectivity index (χ2n) is 6.12. The highest BCUT2D eigenvalue weighted by Gasteiger charge is 2.22. The predicted octanol–water partition coefficient (Wildman–Crippen LogP) is 2.51. The highest BCUT2D eigenvalue weighted by atomic mass is 16.4. The normalized spacial score (nSPS) is 16.9. The van der Waals surface area contributed by atoms with Crippen molar-refractivity contribution in [3.05, 3.63) is 0 Å². The zero-order valence-electron chi connectivity index (χ0n) is 12.0. The summed E-state index contributed by atoms with van der Waals surface area (Å²) in [6, 6.07) is -0.194. The molecule has 1 saturated carbocycles. The summed E-state index contributed by atoms with van der Waals surface area (Å²) in [7, 11) is 0. The van der Waals surface area contributed by atoms with Crippen molar-refractivity contribution in [3.8, 4) is 0 Å². The quantitative estimate of drug-likeness (QED) is 0.694. The van der Waals surface area contributed by atoms with Gasteiger partial charge in [0.1, 0.15) is 0 Å². The first-order chi connectivity index (χ1) is 8.89. The Balaban J connectivity index is 2.23. The van der Waals surface area contributed by atoms with E-state index < -0.39 is 11.5 Å². The largest absolute Gasteiger partial charge is 0.481 e. The SMILES string of the molecule is CC(C)(CCC(=O)O)NC(=O)NCC1CCCCC1. The van der Waals surface area contributed by atoms with Crippen molar-refractivity contribution >= 4 is 12.0 Å². The van der Waals surface area contributed by atoms with Crippen molar-refractivity contribution in [2.75, 3.05) is 6.54 Å². The van der Waals surface area contributed by atoms with Gasteiger partial charge in [-0.1, -0.05) is 19.3 Å². The molecule has 110 valence electrons. The monoisotopic (exact) mass is 270 g/mol. The average Bonchev–Trinajstić information content (AvgIpc) is 2.35. The summed E-state index contributed by atoms with van der Waals surface area (Å²) >= 11 is 0. The third kappa shape index (κ3) is 7.03. The lowest BCUT2D eigenvalue weighted by molar-refractivity contribution is -0.137. The van der Waals surface area contributed by atoms with Crippen LogP contribution in [0.4, 0.5) is 4.79 Å². The minimum atomic E-state index is -0.836. The molecular weight excluding hydrogens is 244 g/mol. The van der Waals surface area contributed by atoms with Crippen molar-refractivity contribution in [2.45, 2.75) is 64.3 Å². The molecule has 0 aromatic rings. The first-order valence-electron chi connectivity index (χ1n) is 7.17. The molecule has 1 fully saturated rings. The number of hydrogen-bond donors (Lipinski definition) is 3. The molecule has 0 aromatic heterocycles. The van der Waals surface area contributed by atoms with Crippen molar-refractivity contribution in [3.63, 3.8) is 0 Å². The van der Waals surface area contributed by atoms with Crippen LogP contribution in [0, 0.1) is 5.92 Å². The van der Waals surface area contributed by atoms with E-state index in [0.29, 0.717) is 12.3 Å². The predicted molar refractivity (Wildman–Crippen MR) is 74.1 cm³/mol. The topological polar surface area (TPSA) is 78.4 Å². The van der Waals surface area contributed by atoms with Gasteiger partial charge in [0.15, 0.2) is 0 Å². The van der Waals surface area contributed by atoms with Gasteiger partial charge in [-0.25, -0.2) is 4.79 Å². The maximum Gasteiger partial charge on any atom is 0.315 e. The van der Waals surface area contributed by atoms with Gasteiger partial charge in [-0.15, -0.1) is 0 Å². The Hall–Kier alpha value is -1.26. The molecule has 5 heteroatoms. The molecule has 0 saturated heterocycles. The lowest BCUT2D eigenvalue weighted by atomic mass is 9.89. The average molecular weight is 270 g/mol. The molecule has 0 spiro atoms. The Morgan fingerprint density at radius 2 is 1.84 bits per heavy atom. The lowest BCUT2D eigenvalue weighted by Gasteiger charge is -2.27. The molecule has 1 aliphatic rings. The van der Waals surface area contributed by atoms with Crippen molar-refractivity contribution < 1.29 is 14.7 Å². The van der Waals surface area contributed by atoms with Gasteiger partial charge in [0, 0.05) is 18.5 Å². The molecule has 0 aromatic carbocycles. The summed E-state index contributed by atoms with van der Waals surface area (Å²) in [6.45, 7) is 4.41. The van der Waals surface area contributed by atoms with Gasteiger partial charge < -0.3 is 15.7 Å². The smallest absolute Gasteiger partial charge is 0.315 e. The molecule has 2 amide bonds. The summed E-state index contributed by atoms with van der Waals surface area (Å²) < 4.78 is 0. The van der Waals surface area contributed by atoms with Crippen LogP contribution in [0.1, 0.15) is 58.8 Å². The van der Waals surface area contributed by atoms with Crippen LogP contribution in [0.3, 0.4) is 0 Å². The van der Waals surface area contributed by atoms with Gasteiger partial charge in [0.2, 0.25) is 0 Å². The number of carboxylic acids is 1. The van der Waals surface area contributed by atoms with E-state index in [2.05, 4.69) is 10.6 Å². The van der Waals surface area contributed by atoms with Crippen LogP contribution in [0.5, 0.6) is 0 Å². The molecule has 0 heterocycles. The van der Waals surface area contributed by atoms with E-state index in [1.807, 2.05) is 13.8 Å². The third-order valence-electron chi connectivity index (χ3n) is 3.69. The van der Waals surface area contributed by atoms with Crippen LogP contribution in [0.2, 0.25) is 0 Å². The summed E-state index contributed by atoms with van der Waals surface area (Å²) in [6.07, 6.45) is 6.72. The molecule has 0 bridgehead atoms. The van der Waals surface area contributed by atoms with Gasteiger partial charge in [-0.2, -0.15) is 0 Å². The first-order valence-corrected chi connectivity index (χ1v) is 7.17. The van der Waals surface area contributed by atoms with Crippen molar-refractivity contribution in [1.29, 1.82) is 0 Å². The number of carboxylic acid groups (broad SMARTS) is 1. The molecule has 1 aliphatic carbocycles. The maximum absolute atomic E-state index is 11.8. The maximum atomic E-state index is 11.8. The standard InChI is InChI=1S/C14H26N2O3/c1-14(2,9-8-12(17)18)16-13(19)15-10-11-6-4-3-5-7-11/h11H,3-10H2,1-2H3,(H,17,18)(H2,15,16,19). The summed E-state index contributed by atoms with van der Waals surface area (Å²) in [5, 5.41) is 14.4. The van der Waals surface area contributed by atoms with Gasteiger partial charge in [0.05, 0.1) is 0 Å². The third-order valence-corrected chi connectivity index (χ3v) is 3.69. The lowest BCUT2D eigenvalue weighted by Crippen LogP contribution is -2.49. The van der Waals surface area contributed by atoms with Gasteiger partial charge in [-0.3, -0.25) is 4.79 Å². The zero-order valence-corrected chi connectivity index (χ0v) is 12.0. The highest BCUT2D eigenvalue weighted by molar-refractivity contribution is 5.74. The molecule has 0 radical (unpaired) electrons. The number of nitrogens with one attached hydrogen (secondary N) is 2. The van der Waals surface area contributed by atoms with E-state index >= 15 is 0 Å². The van der Waals surface area contributed by atoms with Crippen LogP contribution in [0.15, 0.2) is 0 Å². The summed E-state index contributed by atoms with van der Waals surface area (Å²) in [5.41, 5.74) is -0.491. The van der Waals surface area contributed by atoms with E-state index in [1.54, 1.807) is 0 Å². The number of rotatable bonds is 6. The Morgan fingerprint density at radius 1 is 1.21 bits per heavy atom. The zero-order chi connectivity index (χ0) is 14.3. The molecule has 1 rings (SSSR count). The Morgan fingerprint density at radius 3 is 2.42 bits per heavy atom. The molecule has 5 nitrogen and oxygen atoms in total. The Kier molecular flexibility index (Phi) is 6.12. The second-order valence-corrected chi connectivity index (χ2v) is 6.12. The molecule has 0 unspecified atom stereocenters. The Labute approximate surface area is 115 Å². The molecule has 19 heavy (non-hydrogen) atoms. The fourth-order valence-corrected chi connectivity index (χ4v) is 2.46. The molecule has 3 N–H and O–H groups in total. The van der Waals surface area contributed by atoms with Gasteiger partial charge >= 0.3 is 12.0 Å². The van der Waals surface area contributed by atoms with Gasteiger partial charge in [0.25, 0.3) is 0 Å². The number of carbonyl (C=O) groups is 2. The minimum Gasteiger partial charge on any atom is -0.481 e. The van der Waals surface area contributed by atoms with Crippen LogP contribution in [-0.2, 0) is 4.79 Å². The van der Waals surface area contributed by atoms with Crippen LogP contribution in [0.25, 0.3) is 0 Å². The van der Waals surface area contributed by atoms with Crippen molar-refractivity contribution in [1.82, 2.24) is 10.6 Å². The number of urea groups is 1. The van der Waals surface area contributed by atoms with Crippen LogP contribution in [-0.4, -0.2) is 29.2 Å². The number of carbonyl (C=O) groups excluding carboxylic acids is 1. The number of amides is 2. The molecule has 0 atom stereocenters. The van der Waals surface area contributed by atoms with Crippen molar-refractivity contribution in [2.24, 2.45) is 5.92 Å². The minimum absolute atomic E-state index is 0.0654. The van der Waals surface area contributed by atoms with Crippen LogP contribution >= 0.6 is 0 Å². The summed E-state index contributed by atoms with van der Waals surface area (Å²) in [5.74, 6) is -0.237. The van der Waals surface area contributed by atoms with E-state index in [9.17, 15) is 9.59 Å². The van der Waals surface area contributed by atoms with Gasteiger partial charge in [-0.05, 0) is 39.0 Å². The Bertz CT molecular complexity index is 310. The molecule has 0 aliphatic heterocycles. The fourth-order valence-electron chi connectivity index (χ4n) is 2.46. The van der Waals surface area contributed by atoms with E-state index in [1.165, 1.54) is 32.1 Å². The summed E-state index contributed by atoms with van der Waals surface area (Å²) in [4.78, 5) is 22.3. The number of hydrogen-bond acceptors (Lipinski definition) is 2. The van der Waals surface area contributed by atoms with E-state index in [4.69, 9.17) is 5.11 Å². The first kappa shape index (κ1) is 15.8. The van der Waals surface area contributed by atoms with E-state index in [-0.39, 0.29) is 12.5 Å². The van der Waals surface area contributed by atoms with E-state index in [0.717, 1.165) is 6.54 Å². The molecular formula is C14H26N2O3. The fraction of sp³-hybridized carbons (Fsp3) is 0.857. The second kappa shape index (κ2) is 7.36. The number of aliphatic carboxylic acids is 1. The van der Waals surface area contributed by atoms with Crippen LogP contribution < -0.4 is 10.6 Å².